The maximum Gasteiger partial charge on any atom is 0.225 e. The van der Waals surface area contributed by atoms with Crippen molar-refractivity contribution in [2.24, 2.45) is 0 Å². The molecule has 0 unspecified atom stereocenters. The van der Waals surface area contributed by atoms with E-state index >= 15 is 0 Å². The SMILES string of the molecule is CCCOCCCn1c(Cl)nnc1C1CC1. The van der Waals surface area contributed by atoms with E-state index in [-0.39, 0.29) is 0 Å². The first-order valence-corrected chi connectivity index (χ1v) is 6.37. The molecule has 1 aliphatic rings. The lowest BCUT2D eigenvalue weighted by Crippen LogP contribution is -2.06. The first-order valence-electron chi connectivity index (χ1n) is 5.99. The van der Waals surface area contributed by atoms with Gasteiger partial charge in [0.2, 0.25) is 5.28 Å². The Kier molecular flexibility index (Phi) is 4.18. The summed E-state index contributed by atoms with van der Waals surface area (Å²) in [6, 6.07) is 0. The topological polar surface area (TPSA) is 39.9 Å². The van der Waals surface area contributed by atoms with E-state index in [1.165, 1.54) is 12.8 Å². The van der Waals surface area contributed by atoms with Crippen molar-refractivity contribution in [2.45, 2.75) is 45.1 Å². The van der Waals surface area contributed by atoms with Crippen molar-refractivity contribution in [3.8, 4) is 0 Å². The van der Waals surface area contributed by atoms with E-state index in [0.29, 0.717) is 11.2 Å². The average molecular weight is 244 g/mol. The highest BCUT2D eigenvalue weighted by atomic mass is 35.5. The lowest BCUT2D eigenvalue weighted by atomic mass is 10.3. The first kappa shape index (κ1) is 11.9. The van der Waals surface area contributed by atoms with E-state index in [1.54, 1.807) is 0 Å². The number of hydrogen-bond donors (Lipinski definition) is 0. The molecule has 5 heteroatoms. The van der Waals surface area contributed by atoms with Gasteiger partial charge in [0, 0.05) is 25.7 Å². The predicted molar refractivity (Wildman–Crippen MR) is 62.7 cm³/mol. The quantitative estimate of drug-likeness (QED) is 0.692. The van der Waals surface area contributed by atoms with Crippen molar-refractivity contribution in [2.75, 3.05) is 13.2 Å². The molecule has 0 N–H and O–H groups in total. The van der Waals surface area contributed by atoms with Crippen molar-refractivity contribution < 1.29 is 4.74 Å². The highest BCUT2D eigenvalue weighted by Gasteiger charge is 2.29. The summed E-state index contributed by atoms with van der Waals surface area (Å²) in [6.07, 6.45) is 4.49. The van der Waals surface area contributed by atoms with Gasteiger partial charge in [0.15, 0.2) is 0 Å². The number of halogens is 1. The molecule has 0 aliphatic heterocycles. The van der Waals surface area contributed by atoms with Crippen molar-refractivity contribution in [1.29, 1.82) is 0 Å². The van der Waals surface area contributed by atoms with Crippen LogP contribution in [-0.4, -0.2) is 28.0 Å². The summed E-state index contributed by atoms with van der Waals surface area (Å²) >= 11 is 6.01. The minimum absolute atomic E-state index is 0.511. The van der Waals surface area contributed by atoms with Crippen molar-refractivity contribution >= 4 is 11.6 Å². The molecule has 0 amide bonds. The average Bonchev–Trinajstić information content (AvgIpc) is 3.05. The molecule has 0 spiro atoms. The normalized spacial score (nSPS) is 15.6. The third kappa shape index (κ3) is 2.95. The van der Waals surface area contributed by atoms with Crippen LogP contribution in [0.1, 0.15) is 44.3 Å². The third-order valence-electron chi connectivity index (χ3n) is 2.70. The van der Waals surface area contributed by atoms with E-state index in [9.17, 15) is 0 Å². The van der Waals surface area contributed by atoms with Gasteiger partial charge in [0.25, 0.3) is 0 Å². The fourth-order valence-electron chi connectivity index (χ4n) is 1.72. The van der Waals surface area contributed by atoms with Gasteiger partial charge in [-0.1, -0.05) is 6.92 Å². The molecule has 4 nitrogen and oxygen atoms in total. The molecule has 1 aromatic rings. The minimum Gasteiger partial charge on any atom is -0.381 e. The summed E-state index contributed by atoms with van der Waals surface area (Å²) in [5.74, 6) is 1.65. The molecule has 0 atom stereocenters. The Morgan fingerprint density at radius 1 is 1.38 bits per heavy atom. The van der Waals surface area contributed by atoms with E-state index in [2.05, 4.69) is 17.1 Å². The van der Waals surface area contributed by atoms with Gasteiger partial charge in [-0.05, 0) is 37.3 Å². The van der Waals surface area contributed by atoms with E-state index in [1.807, 2.05) is 4.57 Å². The zero-order valence-electron chi connectivity index (χ0n) is 9.65. The van der Waals surface area contributed by atoms with E-state index in [0.717, 1.165) is 38.4 Å². The molecule has 1 heterocycles. The second-order valence-electron chi connectivity index (χ2n) is 4.22. The minimum atomic E-state index is 0.511. The molecule has 2 rings (SSSR count). The lowest BCUT2D eigenvalue weighted by Gasteiger charge is -2.07. The van der Waals surface area contributed by atoms with Crippen LogP contribution < -0.4 is 0 Å². The second-order valence-corrected chi connectivity index (χ2v) is 4.56. The van der Waals surface area contributed by atoms with E-state index < -0.39 is 0 Å². The molecule has 90 valence electrons. The van der Waals surface area contributed by atoms with Crippen LogP contribution in [0.15, 0.2) is 0 Å². The first-order chi connectivity index (χ1) is 7.83. The van der Waals surface area contributed by atoms with Crippen molar-refractivity contribution in [1.82, 2.24) is 14.8 Å². The summed E-state index contributed by atoms with van der Waals surface area (Å²) in [5, 5.41) is 8.57. The molecule has 0 radical (unpaired) electrons. The molecular weight excluding hydrogens is 226 g/mol. The van der Waals surface area contributed by atoms with Gasteiger partial charge in [-0.2, -0.15) is 0 Å². The highest BCUT2D eigenvalue weighted by Crippen LogP contribution is 2.39. The lowest BCUT2D eigenvalue weighted by molar-refractivity contribution is 0.129. The maximum absolute atomic E-state index is 6.01. The summed E-state index contributed by atoms with van der Waals surface area (Å²) in [7, 11) is 0. The zero-order valence-corrected chi connectivity index (χ0v) is 10.4. The van der Waals surface area contributed by atoms with Gasteiger partial charge in [0.05, 0.1) is 0 Å². The maximum atomic E-state index is 6.01. The Balaban J connectivity index is 1.81. The van der Waals surface area contributed by atoms with Gasteiger partial charge >= 0.3 is 0 Å². The molecule has 0 bridgehead atoms. The Morgan fingerprint density at radius 3 is 2.88 bits per heavy atom. The van der Waals surface area contributed by atoms with Crippen LogP contribution in [0, 0.1) is 0 Å². The van der Waals surface area contributed by atoms with Gasteiger partial charge < -0.3 is 9.30 Å². The van der Waals surface area contributed by atoms with Gasteiger partial charge in [-0.15, -0.1) is 10.2 Å². The Hall–Kier alpha value is -0.610. The molecule has 1 saturated carbocycles. The van der Waals surface area contributed by atoms with E-state index in [4.69, 9.17) is 16.3 Å². The molecule has 1 aromatic heterocycles. The Bertz CT molecular complexity index is 336. The summed E-state index contributed by atoms with van der Waals surface area (Å²) in [4.78, 5) is 0. The number of hydrogen-bond acceptors (Lipinski definition) is 3. The molecule has 0 aromatic carbocycles. The number of ether oxygens (including phenoxy) is 1. The van der Waals surface area contributed by atoms with Crippen molar-refractivity contribution in [3.05, 3.63) is 11.1 Å². The molecule has 0 saturated heterocycles. The van der Waals surface area contributed by atoms with Crippen LogP contribution in [0.4, 0.5) is 0 Å². The number of rotatable bonds is 7. The second kappa shape index (κ2) is 5.64. The van der Waals surface area contributed by atoms with Crippen LogP contribution in [0.3, 0.4) is 0 Å². The third-order valence-corrected chi connectivity index (χ3v) is 2.98. The Morgan fingerprint density at radius 2 is 2.19 bits per heavy atom. The van der Waals surface area contributed by atoms with Crippen LogP contribution in [0.25, 0.3) is 0 Å². The molecule has 16 heavy (non-hydrogen) atoms. The molecule has 1 aliphatic carbocycles. The van der Waals surface area contributed by atoms with Crippen LogP contribution >= 0.6 is 11.6 Å². The summed E-state index contributed by atoms with van der Waals surface area (Å²) < 4.78 is 7.46. The van der Waals surface area contributed by atoms with Crippen LogP contribution in [-0.2, 0) is 11.3 Å². The Labute approximate surface area is 101 Å². The summed E-state index contributed by atoms with van der Waals surface area (Å²) in [5.41, 5.74) is 0. The van der Waals surface area contributed by atoms with Crippen LogP contribution in [0.5, 0.6) is 0 Å². The van der Waals surface area contributed by atoms with Gasteiger partial charge in [-0.25, -0.2) is 0 Å². The number of nitrogens with zero attached hydrogens (tertiary/aromatic N) is 3. The largest absolute Gasteiger partial charge is 0.381 e. The van der Waals surface area contributed by atoms with Gasteiger partial charge in [-0.3, -0.25) is 0 Å². The monoisotopic (exact) mass is 243 g/mol. The summed E-state index contributed by atoms with van der Waals surface area (Å²) in [6.45, 7) is 4.60. The highest BCUT2D eigenvalue weighted by molar-refractivity contribution is 6.28. The predicted octanol–water partition coefficient (Wildman–Crippen LogP) is 2.63. The fourth-order valence-corrected chi connectivity index (χ4v) is 1.93. The number of aromatic nitrogens is 3. The fraction of sp³-hybridized carbons (Fsp3) is 0.818. The molecular formula is C11H18ClN3O. The smallest absolute Gasteiger partial charge is 0.225 e. The van der Waals surface area contributed by atoms with Crippen LogP contribution in [0.2, 0.25) is 5.28 Å². The standard InChI is InChI=1S/C11H18ClN3O/c1-2-7-16-8-3-6-15-10(9-4-5-9)13-14-11(15)12/h9H,2-8H2,1H3. The van der Waals surface area contributed by atoms with Crippen molar-refractivity contribution in [3.63, 3.8) is 0 Å². The van der Waals surface area contributed by atoms with Gasteiger partial charge in [0.1, 0.15) is 5.82 Å². The molecule has 1 fully saturated rings. The zero-order chi connectivity index (χ0) is 11.4.